The fourth-order valence-corrected chi connectivity index (χ4v) is 1.23. The van der Waals surface area contributed by atoms with E-state index in [1.165, 1.54) is 0 Å². The van der Waals surface area contributed by atoms with Gasteiger partial charge in [0.05, 0.1) is 23.6 Å². The van der Waals surface area contributed by atoms with Gasteiger partial charge in [-0.15, -0.1) is 0 Å². The molecule has 0 fully saturated rings. The molecule has 16 heavy (non-hydrogen) atoms. The van der Waals surface area contributed by atoms with E-state index >= 15 is 0 Å². The second-order valence-electron chi connectivity index (χ2n) is 5.10. The Morgan fingerprint density at radius 3 is 2.50 bits per heavy atom. The third kappa shape index (κ3) is 2.61. The monoisotopic (exact) mass is 224 g/mol. The Morgan fingerprint density at radius 2 is 2.12 bits per heavy atom. The van der Waals surface area contributed by atoms with Crippen molar-refractivity contribution in [2.45, 2.75) is 33.7 Å². The third-order valence-electron chi connectivity index (χ3n) is 2.71. The van der Waals surface area contributed by atoms with Crippen LogP contribution in [0.4, 0.5) is 5.69 Å². The second-order valence-corrected chi connectivity index (χ2v) is 5.10. The maximum absolute atomic E-state index is 11.8. The summed E-state index contributed by atoms with van der Waals surface area (Å²) in [5.74, 6) is -0.177. The Labute approximate surface area is 96.0 Å². The molecule has 90 valence electrons. The molecule has 0 aliphatic heterocycles. The topological polar surface area (TPSA) is 72.9 Å². The van der Waals surface area contributed by atoms with E-state index < -0.39 is 6.04 Å². The number of amides is 1. The van der Waals surface area contributed by atoms with Crippen LogP contribution in [0.15, 0.2) is 6.20 Å². The quantitative estimate of drug-likeness (QED) is 0.788. The molecule has 0 bridgehead atoms. The minimum Gasteiger partial charge on any atom is -0.322 e. The molecule has 1 amide bonds. The molecule has 0 saturated heterocycles. The van der Waals surface area contributed by atoms with E-state index in [1.54, 1.807) is 10.9 Å². The van der Waals surface area contributed by atoms with Gasteiger partial charge in [-0.2, -0.15) is 5.10 Å². The number of carbonyl (C=O) groups excluding carboxylic acids is 1. The lowest BCUT2D eigenvalue weighted by Crippen LogP contribution is -2.45. The van der Waals surface area contributed by atoms with Crippen LogP contribution in [0.2, 0.25) is 0 Å². The van der Waals surface area contributed by atoms with Crippen molar-refractivity contribution in [3.8, 4) is 0 Å². The van der Waals surface area contributed by atoms with Gasteiger partial charge < -0.3 is 11.1 Å². The largest absolute Gasteiger partial charge is 0.322 e. The van der Waals surface area contributed by atoms with Crippen molar-refractivity contribution in [1.29, 1.82) is 0 Å². The van der Waals surface area contributed by atoms with Crippen LogP contribution in [0, 0.1) is 12.3 Å². The van der Waals surface area contributed by atoms with Crippen LogP contribution in [-0.4, -0.2) is 21.7 Å². The summed E-state index contributed by atoms with van der Waals surface area (Å²) < 4.78 is 1.71. The molecule has 3 N–H and O–H groups in total. The molecule has 1 heterocycles. The van der Waals surface area contributed by atoms with Crippen LogP contribution < -0.4 is 11.1 Å². The minimum absolute atomic E-state index is 0.177. The predicted molar refractivity (Wildman–Crippen MR) is 64.0 cm³/mol. The van der Waals surface area contributed by atoms with E-state index in [4.69, 9.17) is 5.73 Å². The lowest BCUT2D eigenvalue weighted by molar-refractivity contribution is -0.119. The number of hydrogen-bond donors (Lipinski definition) is 2. The van der Waals surface area contributed by atoms with Gasteiger partial charge >= 0.3 is 0 Å². The third-order valence-corrected chi connectivity index (χ3v) is 2.71. The molecule has 5 nitrogen and oxygen atoms in total. The van der Waals surface area contributed by atoms with Gasteiger partial charge in [0.25, 0.3) is 0 Å². The number of aromatic nitrogens is 2. The maximum Gasteiger partial charge on any atom is 0.241 e. The highest BCUT2D eigenvalue weighted by Gasteiger charge is 2.27. The summed E-state index contributed by atoms with van der Waals surface area (Å²) in [7, 11) is 1.83. The van der Waals surface area contributed by atoms with Gasteiger partial charge in [-0.3, -0.25) is 9.48 Å². The molecule has 5 heteroatoms. The van der Waals surface area contributed by atoms with E-state index in [-0.39, 0.29) is 11.3 Å². The van der Waals surface area contributed by atoms with Crippen molar-refractivity contribution < 1.29 is 4.79 Å². The van der Waals surface area contributed by atoms with Crippen LogP contribution in [-0.2, 0) is 11.8 Å². The van der Waals surface area contributed by atoms with Gasteiger partial charge in [0, 0.05) is 7.05 Å². The Morgan fingerprint density at radius 1 is 1.56 bits per heavy atom. The van der Waals surface area contributed by atoms with Crippen molar-refractivity contribution in [2.24, 2.45) is 18.2 Å². The Bertz CT molecular complexity index is 389. The smallest absolute Gasteiger partial charge is 0.241 e. The number of aryl methyl sites for hydroxylation is 1. The first kappa shape index (κ1) is 12.7. The van der Waals surface area contributed by atoms with Crippen LogP contribution in [0.5, 0.6) is 0 Å². The summed E-state index contributed by atoms with van der Waals surface area (Å²) in [5, 5.41) is 6.84. The van der Waals surface area contributed by atoms with Crippen molar-refractivity contribution in [3.05, 3.63) is 11.9 Å². The average Bonchev–Trinajstić information content (AvgIpc) is 2.47. The molecule has 0 spiro atoms. The highest BCUT2D eigenvalue weighted by molar-refractivity contribution is 5.95. The van der Waals surface area contributed by atoms with Crippen LogP contribution in [0.25, 0.3) is 0 Å². The molecule has 0 radical (unpaired) electrons. The summed E-state index contributed by atoms with van der Waals surface area (Å²) in [6, 6.07) is -0.535. The molecule has 1 rings (SSSR count). The molecule has 0 unspecified atom stereocenters. The fraction of sp³-hybridized carbons (Fsp3) is 0.636. The number of anilines is 1. The molecule has 1 aromatic rings. The number of nitrogens with two attached hydrogens (primary N) is 1. The number of rotatable bonds is 2. The lowest BCUT2D eigenvalue weighted by atomic mass is 9.87. The molecule has 1 aromatic heterocycles. The highest BCUT2D eigenvalue weighted by Crippen LogP contribution is 2.19. The minimum atomic E-state index is -0.535. The second kappa shape index (κ2) is 4.25. The van der Waals surface area contributed by atoms with Crippen LogP contribution in [0.1, 0.15) is 26.5 Å². The lowest BCUT2D eigenvalue weighted by Gasteiger charge is -2.25. The molecule has 0 aliphatic rings. The van der Waals surface area contributed by atoms with Crippen molar-refractivity contribution in [2.75, 3.05) is 5.32 Å². The van der Waals surface area contributed by atoms with Gasteiger partial charge in [-0.25, -0.2) is 0 Å². The molecule has 0 aromatic carbocycles. The van der Waals surface area contributed by atoms with E-state index in [2.05, 4.69) is 10.4 Å². The number of hydrogen-bond acceptors (Lipinski definition) is 3. The number of nitrogens with zero attached hydrogens (tertiary/aromatic N) is 2. The Balaban J connectivity index is 2.76. The first-order chi connectivity index (χ1) is 7.23. The number of carbonyl (C=O) groups is 1. The van der Waals surface area contributed by atoms with Crippen molar-refractivity contribution in [1.82, 2.24) is 9.78 Å². The van der Waals surface area contributed by atoms with E-state index in [9.17, 15) is 4.79 Å². The summed E-state index contributed by atoms with van der Waals surface area (Å²) in [5.41, 5.74) is 7.24. The number of nitrogens with one attached hydrogen (secondary N) is 1. The molecule has 0 saturated carbocycles. The first-order valence-corrected chi connectivity index (χ1v) is 5.28. The Kier molecular flexibility index (Phi) is 3.38. The molecule has 0 aliphatic carbocycles. The van der Waals surface area contributed by atoms with Crippen molar-refractivity contribution >= 4 is 11.6 Å². The zero-order valence-corrected chi connectivity index (χ0v) is 10.5. The SMILES string of the molecule is Cc1c(NC(=O)[C@@H](N)C(C)(C)C)cnn1C. The van der Waals surface area contributed by atoms with Gasteiger partial charge in [-0.05, 0) is 12.3 Å². The molecular weight excluding hydrogens is 204 g/mol. The van der Waals surface area contributed by atoms with E-state index in [1.807, 2.05) is 34.7 Å². The normalized spacial score (nSPS) is 13.6. The van der Waals surface area contributed by atoms with Gasteiger partial charge in [0.1, 0.15) is 0 Å². The molecule has 1 atom stereocenters. The first-order valence-electron chi connectivity index (χ1n) is 5.28. The highest BCUT2D eigenvalue weighted by atomic mass is 16.2. The summed E-state index contributed by atoms with van der Waals surface area (Å²) in [4.78, 5) is 11.8. The predicted octanol–water partition coefficient (Wildman–Crippen LogP) is 1.04. The maximum atomic E-state index is 11.8. The average molecular weight is 224 g/mol. The zero-order valence-electron chi connectivity index (χ0n) is 10.5. The van der Waals surface area contributed by atoms with Crippen LogP contribution >= 0.6 is 0 Å². The van der Waals surface area contributed by atoms with Gasteiger partial charge in [0.15, 0.2) is 0 Å². The van der Waals surface area contributed by atoms with Crippen LogP contribution in [0.3, 0.4) is 0 Å². The van der Waals surface area contributed by atoms with Gasteiger partial charge in [0.2, 0.25) is 5.91 Å². The summed E-state index contributed by atoms with van der Waals surface area (Å²) >= 11 is 0. The molecular formula is C11H20N4O. The standard InChI is InChI=1S/C11H20N4O/c1-7-8(6-13-15(7)5)14-10(16)9(12)11(2,3)4/h6,9H,12H2,1-5H3,(H,14,16)/t9-/m1/s1. The van der Waals surface area contributed by atoms with Gasteiger partial charge in [-0.1, -0.05) is 20.8 Å². The van der Waals surface area contributed by atoms with E-state index in [0.29, 0.717) is 5.69 Å². The Hall–Kier alpha value is -1.36. The van der Waals surface area contributed by atoms with E-state index in [0.717, 1.165) is 5.69 Å². The zero-order chi connectivity index (χ0) is 12.5. The summed E-state index contributed by atoms with van der Waals surface area (Å²) in [6.07, 6.45) is 1.63. The van der Waals surface area contributed by atoms with Crippen molar-refractivity contribution in [3.63, 3.8) is 0 Å². The fourth-order valence-electron chi connectivity index (χ4n) is 1.23. The summed E-state index contributed by atoms with van der Waals surface area (Å²) in [6.45, 7) is 7.71.